The second-order valence-corrected chi connectivity index (χ2v) is 5.95. The molecule has 1 amide bonds. The Morgan fingerprint density at radius 3 is 3.05 bits per heavy atom. The number of hydrogen-bond donors (Lipinski definition) is 1. The van der Waals surface area contributed by atoms with Crippen LogP contribution >= 0.6 is 34.2 Å². The van der Waals surface area contributed by atoms with E-state index in [9.17, 15) is 9.90 Å². The van der Waals surface area contributed by atoms with Crippen LogP contribution in [0.3, 0.4) is 0 Å². The molecule has 1 atom stereocenters. The number of aliphatic hydroxyl groups excluding tert-OH is 1. The van der Waals surface area contributed by atoms with Gasteiger partial charge in [0.2, 0.25) is 0 Å². The fourth-order valence-electron chi connectivity index (χ4n) is 2.09. The van der Waals surface area contributed by atoms with Crippen LogP contribution in [-0.2, 0) is 4.74 Å². The first kappa shape index (κ1) is 15.8. The Bertz CT molecular complexity index is 511. The quantitative estimate of drug-likeness (QED) is 0.771. The topological polar surface area (TPSA) is 59.0 Å². The summed E-state index contributed by atoms with van der Waals surface area (Å²) in [5, 5.41) is 9.85. The lowest BCUT2D eigenvalue weighted by Crippen LogP contribution is -2.50. The van der Waals surface area contributed by atoms with Crippen molar-refractivity contribution < 1.29 is 19.4 Å². The van der Waals surface area contributed by atoms with Crippen LogP contribution in [0.2, 0.25) is 5.02 Å². The number of amides is 1. The van der Waals surface area contributed by atoms with E-state index in [0.717, 1.165) is 3.57 Å². The van der Waals surface area contributed by atoms with Gasteiger partial charge >= 0.3 is 0 Å². The lowest BCUT2D eigenvalue weighted by atomic mass is 10.1. The highest BCUT2D eigenvalue weighted by molar-refractivity contribution is 14.1. The number of carbonyl (C=O) groups excluding carboxylic acids is 1. The molecule has 1 aliphatic heterocycles. The number of hydrogen-bond acceptors (Lipinski definition) is 4. The minimum Gasteiger partial charge on any atom is -0.496 e. The molecule has 7 heteroatoms. The zero-order chi connectivity index (χ0) is 14.7. The molecule has 5 nitrogen and oxygen atoms in total. The lowest BCUT2D eigenvalue weighted by Gasteiger charge is -2.34. The molecule has 1 N–H and O–H groups in total. The molecular weight excluding hydrogens is 397 g/mol. The van der Waals surface area contributed by atoms with Crippen molar-refractivity contribution in [3.63, 3.8) is 0 Å². The normalized spacial score (nSPS) is 19.0. The van der Waals surface area contributed by atoms with Crippen molar-refractivity contribution in [1.82, 2.24) is 4.90 Å². The highest BCUT2D eigenvalue weighted by atomic mass is 127. The van der Waals surface area contributed by atoms with Gasteiger partial charge in [-0.05, 0) is 34.7 Å². The number of morpholine rings is 1. The van der Waals surface area contributed by atoms with Gasteiger partial charge in [0, 0.05) is 10.1 Å². The SMILES string of the molecule is COc1cc(I)c(Cl)cc1C(=O)N1CCOCC1CO. The van der Waals surface area contributed by atoms with Gasteiger partial charge in [-0.2, -0.15) is 0 Å². The summed E-state index contributed by atoms with van der Waals surface area (Å²) in [6.07, 6.45) is 0. The summed E-state index contributed by atoms with van der Waals surface area (Å²) in [5.74, 6) is 0.273. The first-order chi connectivity index (χ1) is 9.58. The van der Waals surface area contributed by atoms with E-state index < -0.39 is 0 Å². The zero-order valence-electron chi connectivity index (χ0n) is 10.9. The number of rotatable bonds is 3. The molecule has 1 heterocycles. The third-order valence-corrected chi connectivity index (χ3v) is 4.70. The molecule has 1 fully saturated rings. The van der Waals surface area contributed by atoms with E-state index in [-0.39, 0.29) is 18.6 Å². The molecule has 1 unspecified atom stereocenters. The summed E-state index contributed by atoms with van der Waals surface area (Å²) < 4.78 is 11.4. The highest BCUT2D eigenvalue weighted by Gasteiger charge is 2.29. The third-order valence-electron chi connectivity index (χ3n) is 3.17. The van der Waals surface area contributed by atoms with Gasteiger partial charge < -0.3 is 19.5 Å². The average molecular weight is 412 g/mol. The fraction of sp³-hybridized carbons (Fsp3) is 0.462. The molecule has 20 heavy (non-hydrogen) atoms. The van der Waals surface area contributed by atoms with E-state index in [2.05, 4.69) is 22.6 Å². The van der Waals surface area contributed by atoms with Gasteiger partial charge in [-0.15, -0.1) is 0 Å². The molecule has 1 saturated heterocycles. The molecule has 1 aromatic carbocycles. The average Bonchev–Trinajstić information content (AvgIpc) is 2.48. The molecule has 1 aliphatic rings. The number of methoxy groups -OCH3 is 1. The number of carbonyl (C=O) groups is 1. The lowest BCUT2D eigenvalue weighted by molar-refractivity contribution is -0.0185. The summed E-state index contributed by atoms with van der Waals surface area (Å²) in [4.78, 5) is 14.2. The van der Waals surface area contributed by atoms with Crippen molar-refractivity contribution in [1.29, 1.82) is 0 Å². The summed E-state index contributed by atoms with van der Waals surface area (Å²) in [5.41, 5.74) is 0.401. The Morgan fingerprint density at radius 1 is 1.65 bits per heavy atom. The zero-order valence-corrected chi connectivity index (χ0v) is 13.8. The van der Waals surface area contributed by atoms with Crippen LogP contribution in [0.5, 0.6) is 5.75 Å². The maximum absolute atomic E-state index is 12.6. The summed E-state index contributed by atoms with van der Waals surface area (Å²) in [6.45, 7) is 1.11. The standard InChI is InChI=1S/C13H15ClINO4/c1-19-12-5-11(15)10(14)4-9(12)13(18)16-2-3-20-7-8(16)6-17/h4-5,8,17H,2-3,6-7H2,1H3. The first-order valence-corrected chi connectivity index (χ1v) is 7.56. The van der Waals surface area contributed by atoms with E-state index in [1.807, 2.05) is 0 Å². The maximum atomic E-state index is 12.6. The predicted octanol–water partition coefficient (Wildman–Crippen LogP) is 1.79. The van der Waals surface area contributed by atoms with Crippen molar-refractivity contribution in [2.45, 2.75) is 6.04 Å². The molecule has 0 bridgehead atoms. The van der Waals surface area contributed by atoms with Crippen molar-refractivity contribution >= 4 is 40.1 Å². The van der Waals surface area contributed by atoms with Crippen LogP contribution in [0.25, 0.3) is 0 Å². The van der Waals surface area contributed by atoms with E-state index >= 15 is 0 Å². The number of nitrogens with zero attached hydrogens (tertiary/aromatic N) is 1. The molecule has 2 rings (SSSR count). The maximum Gasteiger partial charge on any atom is 0.258 e. The number of ether oxygens (including phenoxy) is 2. The Morgan fingerprint density at radius 2 is 2.40 bits per heavy atom. The molecule has 0 aliphatic carbocycles. The molecule has 0 aromatic heterocycles. The van der Waals surface area contributed by atoms with Gasteiger partial charge in [-0.25, -0.2) is 0 Å². The highest BCUT2D eigenvalue weighted by Crippen LogP contribution is 2.29. The monoisotopic (exact) mass is 411 g/mol. The van der Waals surface area contributed by atoms with Gasteiger partial charge in [0.15, 0.2) is 0 Å². The Hall–Kier alpha value is -0.570. The molecular formula is C13H15ClINO4. The van der Waals surface area contributed by atoms with Crippen molar-refractivity contribution in [3.05, 3.63) is 26.3 Å². The Kier molecular flexibility index (Phi) is 5.48. The van der Waals surface area contributed by atoms with Gasteiger partial charge in [0.25, 0.3) is 5.91 Å². The number of aliphatic hydroxyl groups is 1. The van der Waals surface area contributed by atoms with Gasteiger partial charge in [0.05, 0.1) is 43.6 Å². The Labute approximate surface area is 135 Å². The molecule has 0 radical (unpaired) electrons. The van der Waals surface area contributed by atoms with Crippen LogP contribution in [0, 0.1) is 3.57 Å². The predicted molar refractivity (Wildman–Crippen MR) is 83.5 cm³/mol. The molecule has 1 aromatic rings. The van der Waals surface area contributed by atoms with Crippen LogP contribution in [0.1, 0.15) is 10.4 Å². The van der Waals surface area contributed by atoms with Crippen LogP contribution in [0.15, 0.2) is 12.1 Å². The van der Waals surface area contributed by atoms with E-state index in [4.69, 9.17) is 21.1 Å². The van der Waals surface area contributed by atoms with E-state index in [1.54, 1.807) is 17.0 Å². The largest absolute Gasteiger partial charge is 0.496 e. The fourth-order valence-corrected chi connectivity index (χ4v) is 2.69. The van der Waals surface area contributed by atoms with Crippen LogP contribution in [-0.4, -0.2) is 55.4 Å². The number of benzene rings is 1. The van der Waals surface area contributed by atoms with E-state index in [0.29, 0.717) is 36.1 Å². The van der Waals surface area contributed by atoms with Crippen molar-refractivity contribution in [2.24, 2.45) is 0 Å². The van der Waals surface area contributed by atoms with Crippen LogP contribution < -0.4 is 4.74 Å². The second-order valence-electron chi connectivity index (χ2n) is 4.38. The smallest absolute Gasteiger partial charge is 0.258 e. The van der Waals surface area contributed by atoms with Crippen LogP contribution in [0.4, 0.5) is 0 Å². The second kappa shape index (κ2) is 6.93. The minimum atomic E-state index is -0.334. The third kappa shape index (κ3) is 3.19. The van der Waals surface area contributed by atoms with E-state index in [1.165, 1.54) is 7.11 Å². The Balaban J connectivity index is 2.34. The summed E-state index contributed by atoms with van der Waals surface area (Å²) >= 11 is 8.17. The summed E-state index contributed by atoms with van der Waals surface area (Å²) in [6, 6.07) is 3.00. The molecule has 0 spiro atoms. The molecule has 0 saturated carbocycles. The van der Waals surface area contributed by atoms with Gasteiger partial charge in [-0.1, -0.05) is 11.6 Å². The first-order valence-electron chi connectivity index (χ1n) is 6.11. The number of halogens is 2. The molecule has 110 valence electrons. The van der Waals surface area contributed by atoms with Gasteiger partial charge in [-0.3, -0.25) is 4.79 Å². The summed E-state index contributed by atoms with van der Waals surface area (Å²) in [7, 11) is 1.51. The van der Waals surface area contributed by atoms with Gasteiger partial charge in [0.1, 0.15) is 5.75 Å². The minimum absolute atomic E-state index is 0.133. The van der Waals surface area contributed by atoms with Crippen molar-refractivity contribution in [2.75, 3.05) is 33.5 Å². The van der Waals surface area contributed by atoms with Crippen molar-refractivity contribution in [3.8, 4) is 5.75 Å².